The molecule has 98 valence electrons. The standard InChI is InChI=1S/C16H17NO2/c1-12-14(16-8-7-13(11-18)19-16)5-4-6-15(12)17-9-2-3-10-17/h4-8,11H,2-3,9-10H2,1H3. The summed E-state index contributed by atoms with van der Waals surface area (Å²) in [7, 11) is 0. The fraction of sp³-hybridized carbons (Fsp3) is 0.312. The van der Waals surface area contributed by atoms with Gasteiger partial charge in [-0.25, -0.2) is 0 Å². The van der Waals surface area contributed by atoms with E-state index in [4.69, 9.17) is 4.42 Å². The normalized spacial score (nSPS) is 14.9. The van der Waals surface area contributed by atoms with Crippen LogP contribution in [0.3, 0.4) is 0 Å². The molecule has 0 bridgehead atoms. The molecule has 0 atom stereocenters. The summed E-state index contributed by atoms with van der Waals surface area (Å²) in [6.45, 7) is 4.37. The van der Waals surface area contributed by atoms with Crippen LogP contribution >= 0.6 is 0 Å². The predicted octanol–water partition coefficient (Wildman–Crippen LogP) is 3.67. The summed E-state index contributed by atoms with van der Waals surface area (Å²) in [5.74, 6) is 1.14. The molecule has 1 fully saturated rings. The summed E-state index contributed by atoms with van der Waals surface area (Å²) in [6.07, 6.45) is 3.27. The van der Waals surface area contributed by atoms with Crippen molar-refractivity contribution in [3.8, 4) is 11.3 Å². The number of nitrogens with zero attached hydrogens (tertiary/aromatic N) is 1. The first-order chi connectivity index (χ1) is 9.29. The van der Waals surface area contributed by atoms with Crippen LogP contribution in [0, 0.1) is 6.92 Å². The van der Waals surface area contributed by atoms with E-state index in [-0.39, 0.29) is 0 Å². The van der Waals surface area contributed by atoms with Crippen molar-refractivity contribution in [3.63, 3.8) is 0 Å². The number of carbonyl (C=O) groups is 1. The third-order valence-corrected chi connectivity index (χ3v) is 3.76. The van der Waals surface area contributed by atoms with Gasteiger partial charge in [-0.2, -0.15) is 0 Å². The van der Waals surface area contributed by atoms with Crippen molar-refractivity contribution in [2.75, 3.05) is 18.0 Å². The van der Waals surface area contributed by atoms with Gasteiger partial charge in [0, 0.05) is 24.3 Å². The molecule has 1 saturated heterocycles. The van der Waals surface area contributed by atoms with Gasteiger partial charge in [0.1, 0.15) is 5.76 Å². The Labute approximate surface area is 112 Å². The lowest BCUT2D eigenvalue weighted by atomic mass is 10.0. The molecule has 0 N–H and O–H groups in total. The highest BCUT2D eigenvalue weighted by Gasteiger charge is 2.17. The molecule has 0 radical (unpaired) electrons. The Hall–Kier alpha value is -2.03. The van der Waals surface area contributed by atoms with E-state index in [0.717, 1.165) is 30.7 Å². The lowest BCUT2D eigenvalue weighted by Crippen LogP contribution is -2.18. The average molecular weight is 255 g/mol. The number of hydrogen-bond donors (Lipinski definition) is 0. The van der Waals surface area contributed by atoms with Crippen LogP contribution in [0.15, 0.2) is 34.7 Å². The Morgan fingerprint density at radius 1 is 1.16 bits per heavy atom. The van der Waals surface area contributed by atoms with Gasteiger partial charge in [-0.3, -0.25) is 4.79 Å². The molecular weight excluding hydrogens is 238 g/mol. The Kier molecular flexibility index (Phi) is 3.11. The number of aldehydes is 1. The van der Waals surface area contributed by atoms with E-state index in [9.17, 15) is 4.79 Å². The van der Waals surface area contributed by atoms with Gasteiger partial charge < -0.3 is 9.32 Å². The lowest BCUT2D eigenvalue weighted by Gasteiger charge is -2.21. The van der Waals surface area contributed by atoms with Gasteiger partial charge in [0.15, 0.2) is 12.0 Å². The molecule has 1 aliphatic rings. The monoisotopic (exact) mass is 255 g/mol. The zero-order valence-electron chi connectivity index (χ0n) is 11.1. The third kappa shape index (κ3) is 2.16. The van der Waals surface area contributed by atoms with Crippen LogP contribution in [0.4, 0.5) is 5.69 Å². The van der Waals surface area contributed by atoms with Crippen molar-refractivity contribution in [2.45, 2.75) is 19.8 Å². The second-order valence-electron chi connectivity index (χ2n) is 4.96. The highest BCUT2D eigenvalue weighted by Crippen LogP contribution is 2.32. The van der Waals surface area contributed by atoms with Gasteiger partial charge in [0.2, 0.25) is 0 Å². The minimum absolute atomic E-state index is 0.376. The number of furan rings is 1. The molecule has 3 heteroatoms. The molecule has 3 nitrogen and oxygen atoms in total. The van der Waals surface area contributed by atoms with Crippen molar-refractivity contribution in [1.82, 2.24) is 0 Å². The first kappa shape index (κ1) is 12.0. The van der Waals surface area contributed by atoms with E-state index in [1.165, 1.54) is 24.1 Å². The Balaban J connectivity index is 2.01. The number of carbonyl (C=O) groups excluding carboxylic acids is 1. The van der Waals surface area contributed by atoms with Crippen LogP contribution in [-0.4, -0.2) is 19.4 Å². The molecule has 1 aromatic carbocycles. The molecule has 3 rings (SSSR count). The zero-order valence-corrected chi connectivity index (χ0v) is 11.1. The number of hydrogen-bond acceptors (Lipinski definition) is 3. The van der Waals surface area contributed by atoms with Crippen LogP contribution in [0.2, 0.25) is 0 Å². The Morgan fingerprint density at radius 3 is 2.63 bits per heavy atom. The van der Waals surface area contributed by atoms with Crippen LogP contribution in [0.25, 0.3) is 11.3 Å². The van der Waals surface area contributed by atoms with E-state index < -0.39 is 0 Å². The second kappa shape index (κ2) is 4.92. The van der Waals surface area contributed by atoms with Gasteiger partial charge in [-0.1, -0.05) is 12.1 Å². The van der Waals surface area contributed by atoms with E-state index in [0.29, 0.717) is 5.76 Å². The van der Waals surface area contributed by atoms with Gasteiger partial charge in [0.25, 0.3) is 0 Å². The zero-order chi connectivity index (χ0) is 13.2. The largest absolute Gasteiger partial charge is 0.453 e. The van der Waals surface area contributed by atoms with E-state index >= 15 is 0 Å². The van der Waals surface area contributed by atoms with Gasteiger partial charge in [-0.05, 0) is 43.5 Å². The average Bonchev–Trinajstić information content (AvgIpc) is 3.10. The van der Waals surface area contributed by atoms with Gasteiger partial charge >= 0.3 is 0 Å². The molecular formula is C16H17NO2. The lowest BCUT2D eigenvalue weighted by molar-refractivity contribution is 0.110. The maximum Gasteiger partial charge on any atom is 0.185 e. The fourth-order valence-corrected chi connectivity index (χ4v) is 2.75. The van der Waals surface area contributed by atoms with Crippen LogP contribution in [0.5, 0.6) is 0 Å². The van der Waals surface area contributed by atoms with Crippen molar-refractivity contribution in [2.24, 2.45) is 0 Å². The summed E-state index contributed by atoms with van der Waals surface area (Å²) >= 11 is 0. The third-order valence-electron chi connectivity index (χ3n) is 3.76. The van der Waals surface area contributed by atoms with Crippen molar-refractivity contribution in [1.29, 1.82) is 0 Å². The topological polar surface area (TPSA) is 33.5 Å². The molecule has 2 aromatic rings. The second-order valence-corrected chi connectivity index (χ2v) is 4.96. The Bertz CT molecular complexity index is 595. The maximum absolute atomic E-state index is 10.7. The summed E-state index contributed by atoms with van der Waals surface area (Å²) in [5, 5.41) is 0. The molecule has 1 aromatic heterocycles. The first-order valence-corrected chi connectivity index (χ1v) is 6.69. The first-order valence-electron chi connectivity index (χ1n) is 6.69. The van der Waals surface area contributed by atoms with Crippen molar-refractivity contribution in [3.05, 3.63) is 41.7 Å². The quantitative estimate of drug-likeness (QED) is 0.785. The van der Waals surface area contributed by atoms with E-state index in [1.807, 2.05) is 12.1 Å². The number of benzene rings is 1. The highest BCUT2D eigenvalue weighted by molar-refractivity contribution is 5.75. The molecule has 19 heavy (non-hydrogen) atoms. The van der Waals surface area contributed by atoms with E-state index in [1.54, 1.807) is 6.07 Å². The molecule has 0 aliphatic carbocycles. The van der Waals surface area contributed by atoms with Crippen LogP contribution in [0.1, 0.15) is 29.0 Å². The summed E-state index contributed by atoms with van der Waals surface area (Å²) in [5.41, 5.74) is 3.56. The molecule has 0 spiro atoms. The maximum atomic E-state index is 10.7. The van der Waals surface area contributed by atoms with Crippen molar-refractivity contribution < 1.29 is 9.21 Å². The minimum Gasteiger partial charge on any atom is -0.453 e. The summed E-state index contributed by atoms with van der Waals surface area (Å²) in [6, 6.07) is 9.83. The fourth-order valence-electron chi connectivity index (χ4n) is 2.75. The van der Waals surface area contributed by atoms with Gasteiger partial charge in [-0.15, -0.1) is 0 Å². The number of rotatable bonds is 3. The van der Waals surface area contributed by atoms with Crippen LogP contribution < -0.4 is 4.90 Å². The molecule has 1 aliphatic heterocycles. The minimum atomic E-state index is 0.376. The predicted molar refractivity (Wildman–Crippen MR) is 75.7 cm³/mol. The molecule has 2 heterocycles. The smallest absolute Gasteiger partial charge is 0.185 e. The molecule has 0 saturated carbocycles. The Morgan fingerprint density at radius 2 is 1.95 bits per heavy atom. The highest BCUT2D eigenvalue weighted by atomic mass is 16.3. The summed E-state index contributed by atoms with van der Waals surface area (Å²) in [4.78, 5) is 13.1. The van der Waals surface area contributed by atoms with Gasteiger partial charge in [0.05, 0.1) is 0 Å². The van der Waals surface area contributed by atoms with E-state index in [2.05, 4.69) is 24.0 Å². The SMILES string of the molecule is Cc1c(-c2ccc(C=O)o2)cccc1N1CCCC1. The van der Waals surface area contributed by atoms with Crippen molar-refractivity contribution >= 4 is 12.0 Å². The molecule has 0 amide bonds. The van der Waals surface area contributed by atoms with Crippen LogP contribution in [-0.2, 0) is 0 Å². The molecule has 0 unspecified atom stereocenters. The number of anilines is 1. The summed E-state index contributed by atoms with van der Waals surface area (Å²) < 4.78 is 5.53.